The van der Waals surface area contributed by atoms with Gasteiger partial charge in [-0.15, -0.1) is 0 Å². The maximum atomic E-state index is 9.09. The van der Waals surface area contributed by atoms with E-state index in [2.05, 4.69) is 9.88 Å². The van der Waals surface area contributed by atoms with Crippen molar-refractivity contribution >= 4 is 19.8 Å². The maximum absolute atomic E-state index is 9.09. The number of ether oxygens (including phenoxy) is 3. The topological polar surface area (TPSA) is 59.1 Å². The zero-order valence-corrected chi connectivity index (χ0v) is 12.0. The molecular formula is C14H24BN3O3. The van der Waals surface area contributed by atoms with Crippen LogP contribution in [0.1, 0.15) is 13.8 Å². The van der Waals surface area contributed by atoms with E-state index in [-0.39, 0.29) is 8.41 Å². The van der Waals surface area contributed by atoms with Gasteiger partial charge in [0.25, 0.3) is 0 Å². The minimum Gasteiger partial charge on any atom is -0.491 e. The van der Waals surface area contributed by atoms with Crippen LogP contribution in [0.5, 0.6) is 11.5 Å². The smallest absolute Gasteiger partial charge is 0.430 e. The number of benzene rings is 1. The Labute approximate surface area is 127 Å². The molecule has 0 radical (unpaired) electrons. The summed E-state index contributed by atoms with van der Waals surface area (Å²) in [5.41, 5.74) is 1.33. The highest BCUT2D eigenvalue weighted by Gasteiger charge is 2.24. The van der Waals surface area contributed by atoms with E-state index in [0.717, 1.165) is 18.8 Å². The van der Waals surface area contributed by atoms with Crippen molar-refractivity contribution < 1.29 is 14.2 Å². The average Bonchev–Trinajstić information content (AvgIpc) is 2.49. The molecule has 1 aliphatic heterocycles. The number of hydrogen-bond acceptors (Lipinski definition) is 5. The van der Waals surface area contributed by atoms with Crippen LogP contribution in [0.2, 0.25) is 0 Å². The summed E-state index contributed by atoms with van der Waals surface area (Å²) in [4.78, 5) is 5.46. The highest BCUT2D eigenvalue weighted by molar-refractivity contribution is 5.75. The third kappa shape index (κ3) is 4.02. The van der Waals surface area contributed by atoms with Crippen LogP contribution in [0.3, 0.4) is 0 Å². The summed E-state index contributed by atoms with van der Waals surface area (Å²) in [5, 5.41) is 9.09. The molecule has 116 valence electrons. The van der Waals surface area contributed by atoms with Crippen LogP contribution in [0.15, 0.2) is 12.1 Å². The van der Waals surface area contributed by atoms with Crippen LogP contribution in [0.4, 0.5) is 11.4 Å². The lowest BCUT2D eigenvalue weighted by Crippen LogP contribution is -2.36. The first-order chi connectivity index (χ1) is 9.80. The fourth-order valence-electron chi connectivity index (χ4n) is 2.21. The standard InChI is InChI=1S/C14H20N3O3.BH4/c1-3-19-13-10-12(17-5-7-18-8-6-17)14(20-4-2)9-11(13)16-15;/h9-10H,3-8H2,1-2H3;1H4/q+1;-1. The minimum absolute atomic E-state index is 0. The Morgan fingerprint density at radius 3 is 2.33 bits per heavy atom. The molecule has 0 N–H and O–H groups in total. The van der Waals surface area contributed by atoms with Gasteiger partial charge in [0.05, 0.1) is 38.2 Å². The summed E-state index contributed by atoms with van der Waals surface area (Å²) in [6, 6.07) is 3.58. The first kappa shape index (κ1) is 17.1. The summed E-state index contributed by atoms with van der Waals surface area (Å²) in [6.07, 6.45) is 0. The molecule has 1 heterocycles. The van der Waals surface area contributed by atoms with E-state index in [1.807, 2.05) is 19.9 Å². The highest BCUT2D eigenvalue weighted by Crippen LogP contribution is 2.40. The van der Waals surface area contributed by atoms with E-state index < -0.39 is 0 Å². The van der Waals surface area contributed by atoms with Crippen molar-refractivity contribution in [3.63, 3.8) is 0 Å². The van der Waals surface area contributed by atoms with Crippen molar-refractivity contribution in [1.29, 1.82) is 5.39 Å². The molecule has 0 atom stereocenters. The maximum Gasteiger partial charge on any atom is 0.430 e. The number of nitrogens with zero attached hydrogens (tertiary/aromatic N) is 3. The fourth-order valence-corrected chi connectivity index (χ4v) is 2.21. The van der Waals surface area contributed by atoms with E-state index in [4.69, 9.17) is 19.6 Å². The van der Waals surface area contributed by atoms with Crippen LogP contribution >= 0.6 is 0 Å². The average molecular weight is 293 g/mol. The third-order valence-corrected chi connectivity index (χ3v) is 3.10. The van der Waals surface area contributed by atoms with Gasteiger partial charge in [-0.2, -0.15) is 0 Å². The molecule has 0 aromatic heterocycles. The fraction of sp³-hybridized carbons (Fsp3) is 0.571. The molecular weight excluding hydrogens is 269 g/mol. The van der Waals surface area contributed by atoms with Crippen molar-refractivity contribution in [3.05, 3.63) is 17.1 Å². The van der Waals surface area contributed by atoms with Crippen LogP contribution in [-0.4, -0.2) is 47.9 Å². The van der Waals surface area contributed by atoms with Gasteiger partial charge in [0.2, 0.25) is 11.1 Å². The lowest BCUT2D eigenvalue weighted by Gasteiger charge is -2.30. The zero-order chi connectivity index (χ0) is 14.4. The lowest BCUT2D eigenvalue weighted by molar-refractivity contribution is 0.122. The van der Waals surface area contributed by atoms with Gasteiger partial charge >= 0.3 is 5.69 Å². The molecule has 0 saturated carbocycles. The quantitative estimate of drug-likeness (QED) is 0.606. The Balaban J connectivity index is 0.00000220. The number of hydrogen-bond donors (Lipinski definition) is 0. The zero-order valence-electron chi connectivity index (χ0n) is 12.0. The number of rotatable bonds is 5. The summed E-state index contributed by atoms with van der Waals surface area (Å²) < 4.78 is 16.6. The summed E-state index contributed by atoms with van der Waals surface area (Å²) in [6.45, 7) is 7.89. The van der Waals surface area contributed by atoms with Gasteiger partial charge in [0.15, 0.2) is 10.7 Å². The molecule has 0 unspecified atom stereocenters. The second-order valence-electron chi connectivity index (χ2n) is 4.35. The molecule has 1 aliphatic rings. The molecule has 7 heteroatoms. The molecule has 1 fully saturated rings. The van der Waals surface area contributed by atoms with E-state index in [9.17, 15) is 0 Å². The van der Waals surface area contributed by atoms with Gasteiger partial charge in [-0.1, -0.05) is 8.41 Å². The highest BCUT2D eigenvalue weighted by atomic mass is 16.5. The van der Waals surface area contributed by atoms with Gasteiger partial charge < -0.3 is 19.1 Å². The second kappa shape index (κ2) is 8.37. The third-order valence-electron chi connectivity index (χ3n) is 3.10. The van der Waals surface area contributed by atoms with Crippen molar-refractivity contribution in [1.82, 2.24) is 0 Å². The van der Waals surface area contributed by atoms with Crippen molar-refractivity contribution in [2.75, 3.05) is 44.4 Å². The monoisotopic (exact) mass is 293 g/mol. The Hall–Kier alpha value is -1.94. The molecule has 6 nitrogen and oxygen atoms in total. The molecule has 0 bridgehead atoms. The largest absolute Gasteiger partial charge is 0.491 e. The van der Waals surface area contributed by atoms with Gasteiger partial charge in [0, 0.05) is 19.2 Å². The molecule has 1 saturated heterocycles. The predicted octanol–water partition coefficient (Wildman–Crippen LogP) is 1.35. The molecule has 1 aromatic rings. The SMILES string of the molecule is CCOc1cc(N2CCOCC2)c(OCC)cc1[N+]#N.[BH4-]. The second-order valence-corrected chi connectivity index (χ2v) is 4.35. The molecule has 0 aliphatic carbocycles. The van der Waals surface area contributed by atoms with Gasteiger partial charge in [-0.05, 0) is 13.8 Å². The molecule has 0 amide bonds. The van der Waals surface area contributed by atoms with Gasteiger partial charge in [-0.25, -0.2) is 0 Å². The van der Waals surface area contributed by atoms with Crippen molar-refractivity contribution in [2.45, 2.75) is 13.8 Å². The molecule has 21 heavy (non-hydrogen) atoms. The number of anilines is 1. The molecule has 1 aromatic carbocycles. The van der Waals surface area contributed by atoms with E-state index in [1.54, 1.807) is 6.07 Å². The van der Waals surface area contributed by atoms with Crippen LogP contribution in [0, 0.1) is 5.39 Å². The number of diazo groups is 1. The predicted molar refractivity (Wildman–Crippen MR) is 87.9 cm³/mol. The van der Waals surface area contributed by atoms with Crippen molar-refractivity contribution in [2.24, 2.45) is 0 Å². The Morgan fingerprint density at radius 1 is 1.14 bits per heavy atom. The van der Waals surface area contributed by atoms with Gasteiger partial charge in [0.1, 0.15) is 0 Å². The summed E-state index contributed by atoms with van der Waals surface area (Å²) >= 11 is 0. The molecule has 2 rings (SSSR count). The van der Waals surface area contributed by atoms with Gasteiger partial charge in [-0.3, -0.25) is 0 Å². The Bertz CT molecular complexity index is 499. The number of morpholine rings is 1. The summed E-state index contributed by atoms with van der Waals surface area (Å²) in [5.74, 6) is 1.26. The first-order valence-electron chi connectivity index (χ1n) is 6.91. The Morgan fingerprint density at radius 2 is 1.76 bits per heavy atom. The minimum atomic E-state index is 0. The normalized spacial score (nSPS) is 14.0. The summed E-state index contributed by atoms with van der Waals surface area (Å²) in [7, 11) is 0. The van der Waals surface area contributed by atoms with Crippen LogP contribution in [0.25, 0.3) is 4.98 Å². The van der Waals surface area contributed by atoms with Crippen LogP contribution in [-0.2, 0) is 4.74 Å². The van der Waals surface area contributed by atoms with E-state index in [1.165, 1.54) is 0 Å². The van der Waals surface area contributed by atoms with Crippen molar-refractivity contribution in [3.8, 4) is 11.5 Å². The lowest BCUT2D eigenvalue weighted by atomic mass is 10.2. The van der Waals surface area contributed by atoms with E-state index >= 15 is 0 Å². The van der Waals surface area contributed by atoms with Crippen LogP contribution < -0.4 is 14.4 Å². The molecule has 0 spiro atoms. The first-order valence-corrected chi connectivity index (χ1v) is 6.91. The van der Waals surface area contributed by atoms with E-state index in [0.29, 0.717) is 43.6 Å². The Kier molecular flexibility index (Phi) is 6.83.